The summed E-state index contributed by atoms with van der Waals surface area (Å²) in [5.74, 6) is -0.332. The van der Waals surface area contributed by atoms with E-state index >= 15 is 0 Å². The van der Waals surface area contributed by atoms with Gasteiger partial charge in [-0.2, -0.15) is 0 Å². The molecule has 1 aromatic carbocycles. The van der Waals surface area contributed by atoms with Gasteiger partial charge in [-0.25, -0.2) is 0 Å². The van der Waals surface area contributed by atoms with Gasteiger partial charge in [0.05, 0.1) is 0 Å². The molecule has 0 heterocycles. The van der Waals surface area contributed by atoms with Crippen molar-refractivity contribution >= 4 is 5.97 Å². The van der Waals surface area contributed by atoms with Crippen LogP contribution in [0.3, 0.4) is 0 Å². The molecule has 0 saturated carbocycles. The van der Waals surface area contributed by atoms with E-state index in [0.717, 1.165) is 25.8 Å². The number of carboxylic acid groups (broad SMARTS) is 1. The lowest BCUT2D eigenvalue weighted by Gasteiger charge is -2.05. The summed E-state index contributed by atoms with van der Waals surface area (Å²) in [6.45, 7) is 5.07. The Hall–Kier alpha value is -1.35. The summed E-state index contributed by atoms with van der Waals surface area (Å²) in [7, 11) is 1.95. The molecule has 2 N–H and O–H groups in total. The standard InChI is InChI=1S/C8H11N.C8H16O2/c1-9-7-8-5-3-2-4-6-8;1-3-4-5-7(2)6-8(9)10/h2-6,9H,7H2,1H3;7H,3-6H2,1-2H3,(H,9,10)/t;7-/m.0/s1. The summed E-state index contributed by atoms with van der Waals surface area (Å²) < 4.78 is 0. The maximum Gasteiger partial charge on any atom is 0.303 e. The zero-order chi connectivity index (χ0) is 14.5. The number of carbonyl (C=O) groups is 1. The highest BCUT2D eigenvalue weighted by Gasteiger charge is 2.05. The summed E-state index contributed by atoms with van der Waals surface area (Å²) in [6, 6.07) is 10.3. The third kappa shape index (κ3) is 11.5. The topological polar surface area (TPSA) is 49.3 Å². The minimum Gasteiger partial charge on any atom is -0.481 e. The van der Waals surface area contributed by atoms with Gasteiger partial charge in [-0.3, -0.25) is 4.79 Å². The quantitative estimate of drug-likeness (QED) is 0.790. The molecule has 0 saturated heterocycles. The number of aliphatic carboxylic acids is 1. The van der Waals surface area contributed by atoms with Crippen molar-refractivity contribution in [3.8, 4) is 0 Å². The number of hydrogen-bond donors (Lipinski definition) is 2. The second-order valence-electron chi connectivity index (χ2n) is 4.86. The second kappa shape index (κ2) is 11.7. The van der Waals surface area contributed by atoms with E-state index in [1.165, 1.54) is 5.56 Å². The van der Waals surface area contributed by atoms with Gasteiger partial charge in [0.15, 0.2) is 0 Å². The predicted octanol–water partition coefficient (Wildman–Crippen LogP) is 3.69. The lowest BCUT2D eigenvalue weighted by molar-refractivity contribution is -0.138. The summed E-state index contributed by atoms with van der Waals surface area (Å²) >= 11 is 0. The molecule has 19 heavy (non-hydrogen) atoms. The zero-order valence-electron chi connectivity index (χ0n) is 12.4. The van der Waals surface area contributed by atoms with Crippen LogP contribution in [-0.4, -0.2) is 18.1 Å². The Morgan fingerprint density at radius 3 is 2.42 bits per heavy atom. The third-order valence-corrected chi connectivity index (χ3v) is 2.80. The van der Waals surface area contributed by atoms with Crippen LogP contribution in [0.1, 0.15) is 45.1 Å². The van der Waals surface area contributed by atoms with Crippen molar-refractivity contribution in [3.05, 3.63) is 35.9 Å². The van der Waals surface area contributed by atoms with E-state index < -0.39 is 5.97 Å². The molecule has 0 fully saturated rings. The first-order chi connectivity index (χ1) is 9.10. The Balaban J connectivity index is 0.000000342. The van der Waals surface area contributed by atoms with Crippen LogP contribution in [0.5, 0.6) is 0 Å². The molecule has 1 aromatic rings. The highest BCUT2D eigenvalue weighted by molar-refractivity contribution is 5.66. The maximum atomic E-state index is 10.2. The molecule has 3 nitrogen and oxygen atoms in total. The molecule has 0 amide bonds. The first kappa shape index (κ1) is 17.6. The molecule has 0 aliphatic rings. The summed E-state index contributed by atoms with van der Waals surface area (Å²) in [4.78, 5) is 10.2. The molecule has 0 spiro atoms. The fourth-order valence-corrected chi connectivity index (χ4v) is 1.75. The van der Waals surface area contributed by atoms with Crippen LogP contribution < -0.4 is 5.32 Å². The molecule has 0 aromatic heterocycles. The van der Waals surface area contributed by atoms with Gasteiger partial charge in [0.2, 0.25) is 0 Å². The van der Waals surface area contributed by atoms with Crippen molar-refractivity contribution in [1.82, 2.24) is 5.32 Å². The van der Waals surface area contributed by atoms with Crippen molar-refractivity contribution in [3.63, 3.8) is 0 Å². The fraction of sp³-hybridized carbons (Fsp3) is 0.562. The van der Waals surface area contributed by atoms with Gasteiger partial charge in [-0.15, -0.1) is 0 Å². The molecule has 3 heteroatoms. The van der Waals surface area contributed by atoms with E-state index in [1.54, 1.807) is 0 Å². The minimum absolute atomic E-state index is 0.319. The third-order valence-electron chi connectivity index (χ3n) is 2.80. The van der Waals surface area contributed by atoms with Crippen LogP contribution in [0.25, 0.3) is 0 Å². The smallest absolute Gasteiger partial charge is 0.303 e. The van der Waals surface area contributed by atoms with Crippen LogP contribution in [-0.2, 0) is 11.3 Å². The Kier molecular flexibility index (Phi) is 10.9. The molecule has 1 atom stereocenters. The molecular formula is C16H27NO2. The van der Waals surface area contributed by atoms with E-state index in [1.807, 2.05) is 32.2 Å². The molecule has 0 aliphatic heterocycles. The Labute approximate surface area is 117 Å². The van der Waals surface area contributed by atoms with Crippen molar-refractivity contribution in [2.75, 3.05) is 7.05 Å². The molecule has 0 aliphatic carbocycles. The van der Waals surface area contributed by atoms with E-state index in [2.05, 4.69) is 24.4 Å². The fourth-order valence-electron chi connectivity index (χ4n) is 1.75. The second-order valence-corrected chi connectivity index (χ2v) is 4.86. The monoisotopic (exact) mass is 265 g/mol. The first-order valence-corrected chi connectivity index (χ1v) is 7.00. The first-order valence-electron chi connectivity index (χ1n) is 7.00. The average molecular weight is 265 g/mol. The van der Waals surface area contributed by atoms with Crippen molar-refractivity contribution in [2.45, 2.75) is 46.1 Å². The van der Waals surface area contributed by atoms with Crippen LogP contribution in [0, 0.1) is 5.92 Å². The lowest BCUT2D eigenvalue weighted by atomic mass is 10.0. The number of benzene rings is 1. The molecule has 108 valence electrons. The van der Waals surface area contributed by atoms with Gasteiger partial charge in [-0.05, 0) is 18.5 Å². The molecule has 1 rings (SSSR count). The molecule has 0 bridgehead atoms. The van der Waals surface area contributed by atoms with Gasteiger partial charge >= 0.3 is 5.97 Å². The summed E-state index contributed by atoms with van der Waals surface area (Å²) in [5, 5.41) is 11.5. The zero-order valence-corrected chi connectivity index (χ0v) is 12.4. The SMILES string of the molecule is CCCC[C@H](C)CC(=O)O.CNCc1ccccc1. The predicted molar refractivity (Wildman–Crippen MR) is 80.1 cm³/mol. The van der Waals surface area contributed by atoms with Gasteiger partial charge in [0.1, 0.15) is 0 Å². The van der Waals surface area contributed by atoms with Crippen molar-refractivity contribution < 1.29 is 9.90 Å². The van der Waals surface area contributed by atoms with Gasteiger partial charge in [0.25, 0.3) is 0 Å². The van der Waals surface area contributed by atoms with Crippen LogP contribution in [0.2, 0.25) is 0 Å². The van der Waals surface area contributed by atoms with Gasteiger partial charge in [0, 0.05) is 13.0 Å². The van der Waals surface area contributed by atoms with Crippen molar-refractivity contribution in [2.24, 2.45) is 5.92 Å². The molecular weight excluding hydrogens is 238 g/mol. The van der Waals surface area contributed by atoms with E-state index in [-0.39, 0.29) is 0 Å². The highest BCUT2D eigenvalue weighted by atomic mass is 16.4. The largest absolute Gasteiger partial charge is 0.481 e. The number of hydrogen-bond acceptors (Lipinski definition) is 2. The minimum atomic E-state index is -0.677. The van der Waals surface area contributed by atoms with E-state index in [0.29, 0.717) is 12.3 Å². The number of unbranched alkanes of at least 4 members (excludes halogenated alkanes) is 1. The Morgan fingerprint density at radius 1 is 1.32 bits per heavy atom. The lowest BCUT2D eigenvalue weighted by Crippen LogP contribution is -2.04. The van der Waals surface area contributed by atoms with Crippen LogP contribution in [0.4, 0.5) is 0 Å². The highest BCUT2D eigenvalue weighted by Crippen LogP contribution is 2.10. The van der Waals surface area contributed by atoms with Crippen molar-refractivity contribution in [1.29, 1.82) is 0 Å². The average Bonchev–Trinajstić information content (AvgIpc) is 2.38. The summed E-state index contributed by atoms with van der Waals surface area (Å²) in [6.07, 6.45) is 3.67. The normalized spacial score (nSPS) is 11.3. The van der Waals surface area contributed by atoms with Gasteiger partial charge in [-0.1, -0.05) is 63.4 Å². The maximum absolute atomic E-state index is 10.2. The number of carboxylic acids is 1. The molecule has 0 radical (unpaired) electrons. The van der Waals surface area contributed by atoms with E-state index in [4.69, 9.17) is 5.11 Å². The number of rotatable bonds is 7. The van der Waals surface area contributed by atoms with Gasteiger partial charge < -0.3 is 10.4 Å². The Bertz CT molecular complexity index is 325. The summed E-state index contributed by atoms with van der Waals surface area (Å²) in [5.41, 5.74) is 1.33. The number of nitrogens with one attached hydrogen (secondary N) is 1. The van der Waals surface area contributed by atoms with Crippen LogP contribution in [0.15, 0.2) is 30.3 Å². The van der Waals surface area contributed by atoms with Crippen LogP contribution >= 0.6 is 0 Å². The Morgan fingerprint density at radius 2 is 1.95 bits per heavy atom. The van der Waals surface area contributed by atoms with E-state index in [9.17, 15) is 4.79 Å². The molecule has 0 unspecified atom stereocenters.